The van der Waals surface area contributed by atoms with Crippen LogP contribution in [-0.4, -0.2) is 36.1 Å². The number of nitrogens with one attached hydrogen (secondary N) is 1. The maximum Gasteiger partial charge on any atom is 0.326 e. The Morgan fingerprint density at radius 3 is 2.65 bits per heavy atom. The number of carbonyl (C=O) groups is 3. The van der Waals surface area contributed by atoms with Gasteiger partial charge in [0.1, 0.15) is 6.04 Å². The molecular formula is C13H14ClNO5. The first-order valence-electron chi connectivity index (χ1n) is 5.80. The molecule has 20 heavy (non-hydrogen) atoms. The fourth-order valence-corrected chi connectivity index (χ4v) is 1.68. The van der Waals surface area contributed by atoms with Gasteiger partial charge in [-0.05, 0) is 24.6 Å². The van der Waals surface area contributed by atoms with Gasteiger partial charge in [-0.1, -0.05) is 17.7 Å². The van der Waals surface area contributed by atoms with Crippen molar-refractivity contribution in [3.05, 3.63) is 34.9 Å². The number of halogens is 1. The van der Waals surface area contributed by atoms with Crippen LogP contribution in [0.15, 0.2) is 24.3 Å². The second-order valence-corrected chi connectivity index (χ2v) is 4.43. The number of benzene rings is 1. The average molecular weight is 300 g/mol. The number of hydrogen-bond donors (Lipinski definition) is 2. The second-order valence-electron chi connectivity index (χ2n) is 3.99. The van der Waals surface area contributed by atoms with E-state index in [1.54, 1.807) is 12.1 Å². The third-order valence-corrected chi connectivity index (χ3v) is 2.79. The van der Waals surface area contributed by atoms with Crippen molar-refractivity contribution in [2.24, 2.45) is 0 Å². The van der Waals surface area contributed by atoms with Crippen molar-refractivity contribution < 1.29 is 24.2 Å². The third kappa shape index (κ3) is 4.89. The van der Waals surface area contributed by atoms with Crippen LogP contribution >= 0.6 is 11.6 Å². The summed E-state index contributed by atoms with van der Waals surface area (Å²) in [5.74, 6) is -2.32. The Labute approximate surface area is 120 Å². The van der Waals surface area contributed by atoms with E-state index in [4.69, 9.17) is 16.7 Å². The topological polar surface area (TPSA) is 92.7 Å². The molecule has 6 nitrogen and oxygen atoms in total. The second kappa shape index (κ2) is 7.49. The molecule has 1 aromatic carbocycles. The molecule has 2 N–H and O–H groups in total. The van der Waals surface area contributed by atoms with Crippen molar-refractivity contribution in [3.63, 3.8) is 0 Å². The van der Waals surface area contributed by atoms with Crippen LogP contribution in [0.4, 0.5) is 0 Å². The van der Waals surface area contributed by atoms with Crippen molar-refractivity contribution in [1.29, 1.82) is 0 Å². The highest BCUT2D eigenvalue weighted by molar-refractivity contribution is 6.30. The number of carbonyl (C=O) groups excluding carboxylic acids is 2. The number of amides is 1. The number of aliphatic carboxylic acids is 1. The molecule has 0 aliphatic carbocycles. The van der Waals surface area contributed by atoms with Crippen molar-refractivity contribution in [2.45, 2.75) is 18.9 Å². The monoisotopic (exact) mass is 299 g/mol. The van der Waals surface area contributed by atoms with Crippen LogP contribution in [-0.2, 0) is 14.3 Å². The predicted octanol–water partition coefficient (Wildman–Crippen LogP) is 1.48. The SMILES string of the molecule is COC(=O)CC[C@@H](NC(=O)c1cccc(Cl)c1)C(=O)O. The first-order valence-corrected chi connectivity index (χ1v) is 6.18. The molecular weight excluding hydrogens is 286 g/mol. The summed E-state index contributed by atoms with van der Waals surface area (Å²) in [5.41, 5.74) is 0.252. The van der Waals surface area contributed by atoms with E-state index in [1.807, 2.05) is 0 Å². The zero-order valence-corrected chi connectivity index (χ0v) is 11.5. The fourth-order valence-electron chi connectivity index (χ4n) is 1.49. The highest BCUT2D eigenvalue weighted by Gasteiger charge is 2.21. The zero-order chi connectivity index (χ0) is 15.1. The van der Waals surface area contributed by atoms with Gasteiger partial charge in [-0.25, -0.2) is 4.79 Å². The molecule has 0 saturated carbocycles. The number of rotatable bonds is 6. The molecule has 1 aromatic rings. The number of carboxylic acid groups (broad SMARTS) is 1. The Kier molecular flexibility index (Phi) is 5.99. The van der Waals surface area contributed by atoms with Gasteiger partial charge in [0, 0.05) is 17.0 Å². The van der Waals surface area contributed by atoms with Crippen LogP contribution in [0, 0.1) is 0 Å². The van der Waals surface area contributed by atoms with Gasteiger partial charge in [0.25, 0.3) is 5.91 Å². The maximum atomic E-state index is 11.9. The lowest BCUT2D eigenvalue weighted by molar-refractivity contribution is -0.142. The minimum atomic E-state index is -1.22. The van der Waals surface area contributed by atoms with Gasteiger partial charge in [0.2, 0.25) is 0 Å². The molecule has 0 radical (unpaired) electrons. The van der Waals surface area contributed by atoms with Gasteiger partial charge in [-0.15, -0.1) is 0 Å². The molecule has 1 amide bonds. The molecule has 0 unspecified atom stereocenters. The van der Waals surface area contributed by atoms with Crippen LogP contribution in [0.25, 0.3) is 0 Å². The number of esters is 1. The Bertz CT molecular complexity index is 517. The van der Waals surface area contributed by atoms with Crippen LogP contribution in [0.2, 0.25) is 5.02 Å². The number of ether oxygens (including phenoxy) is 1. The van der Waals surface area contributed by atoms with E-state index >= 15 is 0 Å². The van der Waals surface area contributed by atoms with Gasteiger partial charge < -0.3 is 15.2 Å². The highest BCUT2D eigenvalue weighted by atomic mass is 35.5. The number of carboxylic acids is 1. The normalized spacial score (nSPS) is 11.5. The zero-order valence-electron chi connectivity index (χ0n) is 10.8. The number of methoxy groups -OCH3 is 1. The Balaban J connectivity index is 2.68. The molecule has 0 saturated heterocycles. The van der Waals surface area contributed by atoms with Crippen molar-refractivity contribution in [2.75, 3.05) is 7.11 Å². The van der Waals surface area contributed by atoms with Gasteiger partial charge >= 0.3 is 11.9 Å². The lowest BCUT2D eigenvalue weighted by atomic mass is 10.1. The summed E-state index contributed by atoms with van der Waals surface area (Å²) in [5, 5.41) is 11.7. The molecule has 0 aromatic heterocycles. The Morgan fingerprint density at radius 1 is 1.40 bits per heavy atom. The highest BCUT2D eigenvalue weighted by Crippen LogP contribution is 2.11. The van der Waals surface area contributed by atoms with Crippen molar-refractivity contribution >= 4 is 29.4 Å². The molecule has 0 aliphatic rings. The molecule has 7 heteroatoms. The van der Waals surface area contributed by atoms with Crippen LogP contribution in [0.5, 0.6) is 0 Å². The fraction of sp³-hybridized carbons (Fsp3) is 0.308. The lowest BCUT2D eigenvalue weighted by Crippen LogP contribution is -2.41. The number of hydrogen-bond acceptors (Lipinski definition) is 4. The van der Waals surface area contributed by atoms with Crippen LogP contribution in [0.3, 0.4) is 0 Å². The summed E-state index contributed by atoms with van der Waals surface area (Å²) in [4.78, 5) is 33.9. The van der Waals surface area contributed by atoms with Crippen LogP contribution in [0.1, 0.15) is 23.2 Å². The molecule has 1 rings (SSSR count). The van der Waals surface area contributed by atoms with E-state index in [2.05, 4.69) is 10.1 Å². The van der Waals surface area contributed by atoms with E-state index in [0.29, 0.717) is 5.02 Å². The van der Waals surface area contributed by atoms with Crippen molar-refractivity contribution in [3.8, 4) is 0 Å². The summed E-state index contributed by atoms with van der Waals surface area (Å²) in [6, 6.07) is 4.96. The first-order chi connectivity index (χ1) is 9.43. The first kappa shape index (κ1) is 16.0. The molecule has 0 heterocycles. The summed E-state index contributed by atoms with van der Waals surface area (Å²) < 4.78 is 4.42. The average Bonchev–Trinajstić information content (AvgIpc) is 2.42. The molecule has 108 valence electrons. The van der Waals surface area contributed by atoms with Crippen LogP contribution < -0.4 is 5.32 Å². The van der Waals surface area contributed by atoms with Gasteiger partial charge in [0.05, 0.1) is 7.11 Å². The largest absolute Gasteiger partial charge is 0.480 e. The molecule has 1 atom stereocenters. The van der Waals surface area contributed by atoms with E-state index in [1.165, 1.54) is 19.2 Å². The standard InChI is InChI=1S/C13H14ClNO5/c1-20-11(16)6-5-10(13(18)19)15-12(17)8-3-2-4-9(14)7-8/h2-4,7,10H,5-6H2,1H3,(H,15,17)(H,18,19)/t10-/m1/s1. The molecule has 0 spiro atoms. The summed E-state index contributed by atoms with van der Waals surface area (Å²) in [7, 11) is 1.21. The Morgan fingerprint density at radius 2 is 2.10 bits per heavy atom. The van der Waals surface area contributed by atoms with Gasteiger partial charge in [-0.3, -0.25) is 9.59 Å². The van der Waals surface area contributed by atoms with E-state index in [0.717, 1.165) is 0 Å². The smallest absolute Gasteiger partial charge is 0.326 e. The maximum absolute atomic E-state index is 11.9. The quantitative estimate of drug-likeness (QED) is 0.776. The summed E-state index contributed by atoms with van der Waals surface area (Å²) >= 11 is 5.75. The van der Waals surface area contributed by atoms with Crippen molar-refractivity contribution in [1.82, 2.24) is 5.32 Å². The summed E-state index contributed by atoms with van der Waals surface area (Å²) in [6.07, 6.45) is -0.141. The van der Waals surface area contributed by atoms with Gasteiger partial charge in [-0.2, -0.15) is 0 Å². The van der Waals surface area contributed by atoms with E-state index in [-0.39, 0.29) is 18.4 Å². The van der Waals surface area contributed by atoms with Gasteiger partial charge in [0.15, 0.2) is 0 Å². The van der Waals surface area contributed by atoms with E-state index < -0.39 is 23.9 Å². The summed E-state index contributed by atoms with van der Waals surface area (Å²) in [6.45, 7) is 0. The van der Waals surface area contributed by atoms with E-state index in [9.17, 15) is 14.4 Å². The lowest BCUT2D eigenvalue weighted by Gasteiger charge is -2.14. The molecule has 0 aliphatic heterocycles. The third-order valence-electron chi connectivity index (χ3n) is 2.56. The minimum Gasteiger partial charge on any atom is -0.480 e. The molecule has 0 bridgehead atoms. The Hall–Kier alpha value is -2.08. The predicted molar refractivity (Wildman–Crippen MR) is 71.6 cm³/mol. The molecule has 0 fully saturated rings. The minimum absolute atomic E-state index is 0.0473.